The standard InChI is InChI=1S/C14H7ClF3N3OS/c15-10-6-11(22-8-4-2-1-3-5-8)21-12(20-10)13-19-9(7-23-13)14(16,17)18/h1-7H. The molecule has 2 aromatic heterocycles. The number of benzene rings is 1. The molecule has 118 valence electrons. The summed E-state index contributed by atoms with van der Waals surface area (Å²) in [4.78, 5) is 11.4. The maximum absolute atomic E-state index is 12.6. The molecule has 2 heterocycles. The van der Waals surface area contributed by atoms with Gasteiger partial charge in [0, 0.05) is 11.4 Å². The monoisotopic (exact) mass is 357 g/mol. The van der Waals surface area contributed by atoms with Gasteiger partial charge in [-0.25, -0.2) is 9.97 Å². The van der Waals surface area contributed by atoms with Gasteiger partial charge in [0.05, 0.1) is 0 Å². The van der Waals surface area contributed by atoms with Crippen LogP contribution in [-0.4, -0.2) is 15.0 Å². The van der Waals surface area contributed by atoms with Crippen molar-refractivity contribution < 1.29 is 17.9 Å². The van der Waals surface area contributed by atoms with E-state index in [4.69, 9.17) is 16.3 Å². The van der Waals surface area contributed by atoms with E-state index in [1.807, 2.05) is 6.07 Å². The van der Waals surface area contributed by atoms with Crippen LogP contribution in [0.5, 0.6) is 11.6 Å². The number of thiazole rings is 1. The van der Waals surface area contributed by atoms with Crippen LogP contribution in [-0.2, 0) is 6.18 Å². The normalized spacial score (nSPS) is 11.5. The van der Waals surface area contributed by atoms with Gasteiger partial charge >= 0.3 is 6.18 Å². The first-order valence-corrected chi connectivity index (χ1v) is 7.48. The summed E-state index contributed by atoms with van der Waals surface area (Å²) < 4.78 is 43.4. The quantitative estimate of drug-likeness (QED) is 0.614. The van der Waals surface area contributed by atoms with Crippen LogP contribution in [0.3, 0.4) is 0 Å². The van der Waals surface area contributed by atoms with Crippen LogP contribution in [0.2, 0.25) is 5.15 Å². The topological polar surface area (TPSA) is 47.9 Å². The second-order valence-corrected chi connectivity index (χ2v) is 5.55. The first-order chi connectivity index (χ1) is 10.9. The van der Waals surface area contributed by atoms with Crippen molar-refractivity contribution in [2.24, 2.45) is 0 Å². The van der Waals surface area contributed by atoms with Gasteiger partial charge in [-0.2, -0.15) is 18.2 Å². The third-order valence-electron chi connectivity index (χ3n) is 2.62. The van der Waals surface area contributed by atoms with E-state index in [1.165, 1.54) is 6.07 Å². The van der Waals surface area contributed by atoms with Crippen molar-refractivity contribution >= 4 is 22.9 Å². The van der Waals surface area contributed by atoms with Gasteiger partial charge in [0.15, 0.2) is 16.5 Å². The van der Waals surface area contributed by atoms with Crippen LogP contribution in [0, 0.1) is 0 Å². The highest BCUT2D eigenvalue weighted by atomic mass is 35.5. The minimum Gasteiger partial charge on any atom is -0.439 e. The predicted octanol–water partition coefficient (Wildman–Crippen LogP) is 5.06. The highest BCUT2D eigenvalue weighted by molar-refractivity contribution is 7.13. The van der Waals surface area contributed by atoms with E-state index in [1.54, 1.807) is 24.3 Å². The molecule has 9 heteroatoms. The number of aromatic nitrogens is 3. The van der Waals surface area contributed by atoms with E-state index in [9.17, 15) is 13.2 Å². The lowest BCUT2D eigenvalue weighted by molar-refractivity contribution is -0.140. The second-order valence-electron chi connectivity index (χ2n) is 4.30. The van der Waals surface area contributed by atoms with Gasteiger partial charge in [-0.3, -0.25) is 0 Å². The number of para-hydroxylation sites is 1. The Bertz CT molecular complexity index is 824. The molecule has 0 aliphatic heterocycles. The van der Waals surface area contributed by atoms with E-state index in [2.05, 4.69) is 15.0 Å². The molecule has 3 rings (SSSR count). The van der Waals surface area contributed by atoms with Crippen LogP contribution < -0.4 is 4.74 Å². The minimum atomic E-state index is -4.52. The van der Waals surface area contributed by atoms with Crippen LogP contribution in [0.1, 0.15) is 5.69 Å². The van der Waals surface area contributed by atoms with Crippen molar-refractivity contribution in [3.05, 3.63) is 52.6 Å². The van der Waals surface area contributed by atoms with E-state index in [0.29, 0.717) is 5.75 Å². The summed E-state index contributed by atoms with van der Waals surface area (Å²) in [6, 6.07) is 10.2. The van der Waals surface area contributed by atoms with Crippen LogP contribution in [0.25, 0.3) is 10.8 Å². The Balaban J connectivity index is 1.93. The molecule has 0 spiro atoms. The number of rotatable bonds is 3. The average Bonchev–Trinajstić information content (AvgIpc) is 2.97. The number of ether oxygens (including phenoxy) is 1. The fourth-order valence-electron chi connectivity index (χ4n) is 1.66. The molecule has 0 fully saturated rings. The molecular weight excluding hydrogens is 351 g/mol. The summed E-state index contributed by atoms with van der Waals surface area (Å²) in [5.74, 6) is 0.613. The highest BCUT2D eigenvalue weighted by Crippen LogP contribution is 2.33. The minimum absolute atomic E-state index is 0.0118. The molecule has 0 unspecified atom stereocenters. The molecule has 0 saturated carbocycles. The van der Waals surface area contributed by atoms with Gasteiger partial charge in [-0.05, 0) is 12.1 Å². The Morgan fingerprint density at radius 2 is 1.78 bits per heavy atom. The van der Waals surface area contributed by atoms with E-state index in [-0.39, 0.29) is 21.9 Å². The summed E-state index contributed by atoms with van der Waals surface area (Å²) in [6.45, 7) is 0. The molecule has 23 heavy (non-hydrogen) atoms. The summed E-state index contributed by atoms with van der Waals surface area (Å²) in [5.41, 5.74) is -0.994. The van der Waals surface area contributed by atoms with Gasteiger partial charge in [0.25, 0.3) is 0 Å². The lowest BCUT2D eigenvalue weighted by Gasteiger charge is -2.06. The number of alkyl halides is 3. The highest BCUT2D eigenvalue weighted by Gasteiger charge is 2.34. The molecule has 0 atom stereocenters. The molecule has 4 nitrogen and oxygen atoms in total. The Labute approximate surface area is 137 Å². The Kier molecular flexibility index (Phi) is 4.18. The second kappa shape index (κ2) is 6.13. The maximum Gasteiger partial charge on any atom is 0.434 e. The van der Waals surface area contributed by atoms with Gasteiger partial charge in [-0.15, -0.1) is 11.3 Å². The lowest BCUT2D eigenvalue weighted by atomic mass is 10.3. The molecule has 0 saturated heterocycles. The van der Waals surface area contributed by atoms with Crippen molar-refractivity contribution in [3.63, 3.8) is 0 Å². The Morgan fingerprint density at radius 1 is 1.04 bits per heavy atom. The number of hydrogen-bond donors (Lipinski definition) is 0. The summed E-state index contributed by atoms with van der Waals surface area (Å²) in [7, 11) is 0. The molecule has 0 bridgehead atoms. The molecule has 0 N–H and O–H groups in total. The largest absolute Gasteiger partial charge is 0.439 e. The summed E-state index contributed by atoms with van der Waals surface area (Å²) in [5, 5.41) is 0.958. The van der Waals surface area contributed by atoms with Crippen molar-refractivity contribution in [3.8, 4) is 22.5 Å². The summed E-state index contributed by atoms with van der Waals surface area (Å²) >= 11 is 6.67. The van der Waals surface area contributed by atoms with Gasteiger partial charge in [0.2, 0.25) is 5.88 Å². The molecule has 0 amide bonds. The third kappa shape index (κ3) is 3.77. The fourth-order valence-corrected chi connectivity index (χ4v) is 2.59. The Hall–Kier alpha value is -2.19. The van der Waals surface area contributed by atoms with Crippen molar-refractivity contribution in [1.29, 1.82) is 0 Å². The lowest BCUT2D eigenvalue weighted by Crippen LogP contribution is -2.05. The maximum atomic E-state index is 12.6. The van der Waals surface area contributed by atoms with Crippen molar-refractivity contribution in [2.75, 3.05) is 0 Å². The SMILES string of the molecule is FC(F)(F)c1csc(-c2nc(Cl)cc(Oc3ccccc3)n2)n1. The number of halogens is 4. The molecule has 3 aromatic rings. The van der Waals surface area contributed by atoms with Gasteiger partial charge in [0.1, 0.15) is 10.9 Å². The Morgan fingerprint density at radius 3 is 2.43 bits per heavy atom. The first kappa shape index (κ1) is 15.7. The molecule has 0 aliphatic rings. The fraction of sp³-hybridized carbons (Fsp3) is 0.0714. The third-order valence-corrected chi connectivity index (χ3v) is 3.65. The van der Waals surface area contributed by atoms with Gasteiger partial charge < -0.3 is 4.74 Å². The predicted molar refractivity (Wildman–Crippen MR) is 79.7 cm³/mol. The molecule has 0 radical (unpaired) electrons. The molecular formula is C14H7ClF3N3OS. The summed E-state index contributed by atoms with van der Waals surface area (Å²) in [6.07, 6.45) is -4.52. The smallest absolute Gasteiger partial charge is 0.434 e. The van der Waals surface area contributed by atoms with Crippen LogP contribution in [0.4, 0.5) is 13.2 Å². The van der Waals surface area contributed by atoms with Crippen molar-refractivity contribution in [1.82, 2.24) is 15.0 Å². The van der Waals surface area contributed by atoms with E-state index >= 15 is 0 Å². The molecule has 0 aliphatic carbocycles. The average molecular weight is 358 g/mol. The van der Waals surface area contributed by atoms with Crippen LogP contribution >= 0.6 is 22.9 Å². The zero-order valence-corrected chi connectivity index (χ0v) is 12.8. The first-order valence-electron chi connectivity index (χ1n) is 6.22. The number of hydrogen-bond acceptors (Lipinski definition) is 5. The molecule has 1 aromatic carbocycles. The van der Waals surface area contributed by atoms with Crippen molar-refractivity contribution in [2.45, 2.75) is 6.18 Å². The van der Waals surface area contributed by atoms with E-state index < -0.39 is 11.9 Å². The van der Waals surface area contributed by atoms with E-state index in [0.717, 1.165) is 16.7 Å². The number of nitrogens with zero attached hydrogens (tertiary/aromatic N) is 3. The zero-order valence-electron chi connectivity index (χ0n) is 11.2. The van der Waals surface area contributed by atoms with Crippen LogP contribution in [0.15, 0.2) is 41.8 Å². The zero-order chi connectivity index (χ0) is 16.4. The van der Waals surface area contributed by atoms with Gasteiger partial charge in [-0.1, -0.05) is 29.8 Å².